The summed E-state index contributed by atoms with van der Waals surface area (Å²) in [6.45, 7) is 2.44. The van der Waals surface area contributed by atoms with Gasteiger partial charge in [-0.2, -0.15) is 8.78 Å². The highest BCUT2D eigenvalue weighted by Gasteiger charge is 2.15. The summed E-state index contributed by atoms with van der Waals surface area (Å²) in [5, 5.41) is 2.69. The summed E-state index contributed by atoms with van der Waals surface area (Å²) >= 11 is 0.282. The van der Waals surface area contributed by atoms with Crippen LogP contribution >= 0.6 is 11.8 Å². The van der Waals surface area contributed by atoms with Crippen molar-refractivity contribution in [2.24, 2.45) is 0 Å². The molecule has 0 unspecified atom stereocenters. The number of aromatic nitrogens is 1. The summed E-state index contributed by atoms with van der Waals surface area (Å²) < 4.78 is 24.4. The molecule has 0 radical (unpaired) electrons. The number of hydrogen-bond acceptors (Lipinski definition) is 3. The topological polar surface area (TPSA) is 42.0 Å². The highest BCUT2D eigenvalue weighted by Crippen LogP contribution is 2.26. The van der Waals surface area contributed by atoms with Gasteiger partial charge in [0, 0.05) is 12.7 Å². The molecular formula is C10H12F2N2OS. The van der Waals surface area contributed by atoms with Crippen molar-refractivity contribution in [1.82, 2.24) is 10.3 Å². The predicted molar refractivity (Wildman–Crippen MR) is 58.7 cm³/mol. The van der Waals surface area contributed by atoms with Gasteiger partial charge in [-0.3, -0.25) is 4.79 Å². The van der Waals surface area contributed by atoms with E-state index < -0.39 is 5.76 Å². The number of carbonyl (C=O) groups is 1. The fraction of sp³-hybridized carbons (Fsp3) is 0.400. The minimum Gasteiger partial charge on any atom is -0.352 e. The maximum absolute atomic E-state index is 12.2. The van der Waals surface area contributed by atoms with E-state index in [4.69, 9.17) is 0 Å². The van der Waals surface area contributed by atoms with E-state index >= 15 is 0 Å². The Kier molecular flexibility index (Phi) is 5.18. The zero-order valence-electron chi connectivity index (χ0n) is 8.74. The van der Waals surface area contributed by atoms with Crippen LogP contribution in [0.15, 0.2) is 23.4 Å². The molecule has 0 atom stereocenters. The molecule has 1 heterocycles. The van der Waals surface area contributed by atoms with Crippen LogP contribution < -0.4 is 5.32 Å². The summed E-state index contributed by atoms with van der Waals surface area (Å²) in [5.74, 6) is -2.94. The normalized spacial score (nSPS) is 10.5. The van der Waals surface area contributed by atoms with Gasteiger partial charge in [-0.05, 0) is 30.3 Å². The van der Waals surface area contributed by atoms with Crippen LogP contribution in [0.1, 0.15) is 23.7 Å². The minimum atomic E-state index is -2.58. The van der Waals surface area contributed by atoms with E-state index in [9.17, 15) is 13.6 Å². The van der Waals surface area contributed by atoms with Gasteiger partial charge in [0.1, 0.15) is 5.03 Å². The van der Waals surface area contributed by atoms with Gasteiger partial charge in [0.2, 0.25) is 0 Å². The van der Waals surface area contributed by atoms with Crippen molar-refractivity contribution in [3.63, 3.8) is 0 Å². The van der Waals surface area contributed by atoms with Crippen LogP contribution in [-0.2, 0) is 0 Å². The van der Waals surface area contributed by atoms with Crippen molar-refractivity contribution in [3.05, 3.63) is 23.9 Å². The Balaban J connectivity index is 2.81. The molecule has 16 heavy (non-hydrogen) atoms. The molecule has 0 aliphatic heterocycles. The number of thioether (sulfide) groups is 1. The Bertz CT molecular complexity index is 360. The number of halogens is 2. The quantitative estimate of drug-likeness (QED) is 0.812. The lowest BCUT2D eigenvalue weighted by molar-refractivity contribution is 0.0950. The average Bonchev–Trinajstić information content (AvgIpc) is 2.26. The van der Waals surface area contributed by atoms with Gasteiger partial charge < -0.3 is 5.32 Å². The van der Waals surface area contributed by atoms with Gasteiger partial charge in [0.25, 0.3) is 11.7 Å². The summed E-state index contributed by atoms with van der Waals surface area (Å²) in [7, 11) is 0. The third kappa shape index (κ3) is 3.77. The van der Waals surface area contributed by atoms with Crippen LogP contribution in [0, 0.1) is 0 Å². The van der Waals surface area contributed by atoms with Crippen LogP contribution in [0.3, 0.4) is 0 Å². The van der Waals surface area contributed by atoms with Crippen molar-refractivity contribution < 1.29 is 13.6 Å². The Labute approximate surface area is 96.6 Å². The molecule has 1 rings (SSSR count). The number of amides is 1. The standard InChI is InChI=1S/C10H12F2N2OS/c1-2-5-13-8(15)7-4-3-6-14-9(7)16-10(11)12/h3-4,6,10H,2,5H2,1H3,(H,13,15). The molecule has 0 aromatic carbocycles. The molecule has 0 aliphatic rings. The number of carbonyl (C=O) groups excluding carboxylic acids is 1. The van der Waals surface area contributed by atoms with Gasteiger partial charge in [0.05, 0.1) is 5.56 Å². The Morgan fingerprint density at radius 1 is 1.62 bits per heavy atom. The summed E-state index contributed by atoms with van der Waals surface area (Å²) in [4.78, 5) is 15.4. The monoisotopic (exact) mass is 246 g/mol. The second-order valence-electron chi connectivity index (χ2n) is 2.99. The minimum absolute atomic E-state index is 0.0612. The van der Waals surface area contributed by atoms with Crippen molar-refractivity contribution in [1.29, 1.82) is 0 Å². The lowest BCUT2D eigenvalue weighted by Gasteiger charge is -2.07. The lowest BCUT2D eigenvalue weighted by atomic mass is 10.2. The first-order chi connectivity index (χ1) is 7.65. The third-order valence-corrected chi connectivity index (χ3v) is 2.48. The second kappa shape index (κ2) is 6.42. The average molecular weight is 246 g/mol. The number of nitrogens with zero attached hydrogens (tertiary/aromatic N) is 1. The van der Waals surface area contributed by atoms with Crippen LogP contribution in [0.25, 0.3) is 0 Å². The molecular weight excluding hydrogens is 234 g/mol. The molecule has 3 nitrogen and oxygen atoms in total. The number of rotatable bonds is 5. The van der Waals surface area contributed by atoms with E-state index in [1.54, 1.807) is 6.07 Å². The van der Waals surface area contributed by atoms with Gasteiger partial charge in [-0.15, -0.1) is 0 Å². The largest absolute Gasteiger partial charge is 0.352 e. The van der Waals surface area contributed by atoms with Crippen LogP contribution in [0.5, 0.6) is 0 Å². The van der Waals surface area contributed by atoms with Crippen LogP contribution in [0.2, 0.25) is 0 Å². The van der Waals surface area contributed by atoms with Crippen molar-refractivity contribution in [2.45, 2.75) is 24.1 Å². The zero-order chi connectivity index (χ0) is 12.0. The maximum atomic E-state index is 12.2. The SMILES string of the molecule is CCCNC(=O)c1cccnc1SC(F)F. The molecule has 1 N–H and O–H groups in total. The van der Waals surface area contributed by atoms with Gasteiger partial charge >= 0.3 is 0 Å². The summed E-state index contributed by atoms with van der Waals surface area (Å²) in [6, 6.07) is 3.04. The van der Waals surface area contributed by atoms with Gasteiger partial charge in [0.15, 0.2) is 0 Å². The molecule has 1 aromatic heterocycles. The van der Waals surface area contributed by atoms with Crippen LogP contribution in [-0.4, -0.2) is 23.2 Å². The van der Waals surface area contributed by atoms with E-state index in [0.717, 1.165) is 6.42 Å². The molecule has 1 amide bonds. The maximum Gasteiger partial charge on any atom is 0.290 e. The van der Waals surface area contributed by atoms with Gasteiger partial charge in [-0.25, -0.2) is 4.98 Å². The molecule has 1 aromatic rings. The van der Waals surface area contributed by atoms with E-state index in [1.807, 2.05) is 6.92 Å². The van der Waals surface area contributed by atoms with Crippen molar-refractivity contribution in [2.75, 3.05) is 6.54 Å². The molecule has 0 saturated carbocycles. The molecule has 6 heteroatoms. The third-order valence-electron chi connectivity index (χ3n) is 1.75. The molecule has 0 bridgehead atoms. The zero-order valence-corrected chi connectivity index (χ0v) is 9.56. The highest BCUT2D eigenvalue weighted by atomic mass is 32.2. The Morgan fingerprint density at radius 2 is 2.38 bits per heavy atom. The van der Waals surface area contributed by atoms with E-state index in [2.05, 4.69) is 10.3 Å². The number of hydrogen-bond donors (Lipinski definition) is 1. The smallest absolute Gasteiger partial charge is 0.290 e. The fourth-order valence-corrected chi connectivity index (χ4v) is 1.65. The molecule has 0 fully saturated rings. The van der Waals surface area contributed by atoms with Crippen molar-refractivity contribution in [3.8, 4) is 0 Å². The molecule has 0 spiro atoms. The first-order valence-corrected chi connectivity index (χ1v) is 5.71. The molecule has 0 aliphatic carbocycles. The van der Waals surface area contributed by atoms with E-state index in [0.29, 0.717) is 6.54 Å². The van der Waals surface area contributed by atoms with E-state index in [-0.39, 0.29) is 28.3 Å². The first-order valence-electron chi connectivity index (χ1n) is 4.83. The fourth-order valence-electron chi connectivity index (χ4n) is 1.08. The van der Waals surface area contributed by atoms with Gasteiger partial charge in [-0.1, -0.05) is 6.92 Å². The Hall–Kier alpha value is -1.17. The first kappa shape index (κ1) is 12.9. The van der Waals surface area contributed by atoms with Crippen LogP contribution in [0.4, 0.5) is 8.78 Å². The molecule has 0 saturated heterocycles. The number of alkyl halides is 2. The summed E-state index contributed by atoms with van der Waals surface area (Å²) in [5.41, 5.74) is 0.196. The van der Waals surface area contributed by atoms with Crippen molar-refractivity contribution >= 4 is 17.7 Å². The lowest BCUT2D eigenvalue weighted by Crippen LogP contribution is -2.24. The number of pyridine rings is 1. The predicted octanol–water partition coefficient (Wildman–Crippen LogP) is 2.54. The second-order valence-corrected chi connectivity index (χ2v) is 3.97. The molecule has 88 valence electrons. The Morgan fingerprint density at radius 3 is 3.00 bits per heavy atom. The highest BCUT2D eigenvalue weighted by molar-refractivity contribution is 7.99. The summed E-state index contributed by atoms with van der Waals surface area (Å²) in [6.07, 6.45) is 2.19. The van der Waals surface area contributed by atoms with E-state index in [1.165, 1.54) is 12.3 Å². The number of nitrogens with one attached hydrogen (secondary N) is 1.